The molecule has 0 N–H and O–H groups in total. The molecule has 0 aromatic rings. The highest BCUT2D eigenvalue weighted by Gasteiger charge is 1.98. The van der Waals surface area contributed by atoms with E-state index in [9.17, 15) is 0 Å². The van der Waals surface area contributed by atoms with Crippen molar-refractivity contribution in [3.05, 3.63) is 0 Å². The Morgan fingerprint density at radius 2 is 1.33 bits per heavy atom. The molecule has 0 rings (SSSR count). The fourth-order valence-corrected chi connectivity index (χ4v) is 1.78. The molecule has 0 spiro atoms. The van der Waals surface area contributed by atoms with Crippen LogP contribution in [0.1, 0.15) is 64.7 Å². The van der Waals surface area contributed by atoms with Gasteiger partial charge in [-0.05, 0) is 12.8 Å². The molecule has 0 bridgehead atoms. The number of hydrogen-bond donors (Lipinski definition) is 0. The minimum Gasteiger partial charge on any atom is -0.372 e. The van der Waals surface area contributed by atoms with Crippen molar-refractivity contribution in [1.29, 1.82) is 0 Å². The van der Waals surface area contributed by atoms with Crippen LogP contribution >= 0.6 is 12.2 Å². The molecule has 0 aliphatic carbocycles. The Kier molecular flexibility index (Phi) is 10.3. The van der Waals surface area contributed by atoms with Gasteiger partial charge >= 0.3 is 0 Å². The van der Waals surface area contributed by atoms with Crippen LogP contribution in [0.4, 0.5) is 0 Å². The van der Waals surface area contributed by atoms with E-state index in [0.717, 1.165) is 11.4 Å². The molecule has 0 heterocycles. The molecule has 1 nitrogen and oxygen atoms in total. The fourth-order valence-electron chi connectivity index (χ4n) is 1.63. The lowest BCUT2D eigenvalue weighted by Crippen LogP contribution is -2.19. The van der Waals surface area contributed by atoms with E-state index < -0.39 is 0 Å². The van der Waals surface area contributed by atoms with E-state index in [1.165, 1.54) is 51.4 Å². The summed E-state index contributed by atoms with van der Waals surface area (Å²) in [6, 6.07) is 0. The minimum atomic E-state index is 1.09. The smallest absolute Gasteiger partial charge is 0.0774 e. The summed E-state index contributed by atoms with van der Waals surface area (Å²) in [5.74, 6) is 0. The highest BCUT2D eigenvalue weighted by Crippen LogP contribution is 2.10. The van der Waals surface area contributed by atoms with Crippen molar-refractivity contribution < 1.29 is 0 Å². The molecule has 0 aromatic carbocycles. The summed E-state index contributed by atoms with van der Waals surface area (Å²) in [6.45, 7) is 2.27. The molecule has 0 atom stereocenters. The Morgan fingerprint density at radius 3 is 1.80 bits per heavy atom. The third-order valence-electron chi connectivity index (χ3n) is 2.74. The van der Waals surface area contributed by atoms with E-state index in [1.54, 1.807) is 0 Å². The van der Waals surface area contributed by atoms with Crippen LogP contribution in [0.25, 0.3) is 0 Å². The predicted molar refractivity (Wildman–Crippen MR) is 73.5 cm³/mol. The summed E-state index contributed by atoms with van der Waals surface area (Å²) in [7, 11) is 4.07. The van der Waals surface area contributed by atoms with Gasteiger partial charge in [-0.3, -0.25) is 0 Å². The Bertz CT molecular complexity index is 155. The lowest BCUT2D eigenvalue weighted by molar-refractivity contribution is 0.566. The Balaban J connectivity index is 3.08. The summed E-state index contributed by atoms with van der Waals surface area (Å²) in [5, 5.41) is 0. The second-order valence-electron chi connectivity index (χ2n) is 4.51. The third-order valence-corrected chi connectivity index (χ3v) is 3.31. The summed E-state index contributed by atoms with van der Waals surface area (Å²) >= 11 is 5.24. The number of thiocarbonyl (C=S) groups is 1. The Morgan fingerprint density at radius 1 is 0.867 bits per heavy atom. The van der Waals surface area contributed by atoms with Crippen LogP contribution in [-0.4, -0.2) is 24.0 Å². The van der Waals surface area contributed by atoms with E-state index in [1.807, 2.05) is 14.1 Å². The normalized spacial score (nSPS) is 10.3. The molecular weight excluding hydrogens is 202 g/mol. The van der Waals surface area contributed by atoms with Crippen LogP contribution < -0.4 is 0 Å². The SMILES string of the molecule is CCCCCCCCCCC(=S)N(C)C. The first-order valence-corrected chi connectivity index (χ1v) is 6.79. The van der Waals surface area contributed by atoms with E-state index >= 15 is 0 Å². The van der Waals surface area contributed by atoms with Crippen LogP contribution in [0.15, 0.2) is 0 Å². The Hall–Kier alpha value is -0.110. The Labute approximate surface area is 101 Å². The van der Waals surface area contributed by atoms with Gasteiger partial charge in [0.2, 0.25) is 0 Å². The maximum absolute atomic E-state index is 5.24. The second-order valence-corrected chi connectivity index (χ2v) is 4.98. The minimum absolute atomic E-state index is 1.09. The average Bonchev–Trinajstić information content (AvgIpc) is 2.21. The van der Waals surface area contributed by atoms with E-state index in [0.29, 0.717) is 0 Å². The van der Waals surface area contributed by atoms with Crippen LogP contribution in [0, 0.1) is 0 Å². The third kappa shape index (κ3) is 10.2. The molecule has 0 aliphatic heterocycles. The van der Waals surface area contributed by atoms with Crippen LogP contribution in [0.5, 0.6) is 0 Å². The number of rotatable bonds is 9. The van der Waals surface area contributed by atoms with Gasteiger partial charge in [0, 0.05) is 14.1 Å². The van der Waals surface area contributed by atoms with Crippen molar-refractivity contribution in [3.63, 3.8) is 0 Å². The van der Waals surface area contributed by atoms with Crippen molar-refractivity contribution in [1.82, 2.24) is 4.90 Å². The van der Waals surface area contributed by atoms with Gasteiger partial charge in [-0.2, -0.15) is 0 Å². The first-order chi connectivity index (χ1) is 7.18. The largest absolute Gasteiger partial charge is 0.372 e. The fraction of sp³-hybridized carbons (Fsp3) is 0.923. The summed E-state index contributed by atoms with van der Waals surface area (Å²) in [6.07, 6.45) is 12.1. The van der Waals surface area contributed by atoms with Gasteiger partial charge in [-0.15, -0.1) is 0 Å². The van der Waals surface area contributed by atoms with Gasteiger partial charge < -0.3 is 4.90 Å². The number of nitrogens with zero attached hydrogens (tertiary/aromatic N) is 1. The summed E-state index contributed by atoms with van der Waals surface area (Å²) < 4.78 is 0. The number of hydrogen-bond acceptors (Lipinski definition) is 1. The van der Waals surface area contributed by atoms with E-state index in [4.69, 9.17) is 12.2 Å². The highest BCUT2D eigenvalue weighted by atomic mass is 32.1. The number of unbranched alkanes of at least 4 members (excludes halogenated alkanes) is 7. The van der Waals surface area contributed by atoms with Crippen molar-refractivity contribution in [2.45, 2.75) is 64.7 Å². The van der Waals surface area contributed by atoms with E-state index in [2.05, 4.69) is 11.8 Å². The molecule has 0 aliphatic rings. The quantitative estimate of drug-likeness (QED) is 0.426. The lowest BCUT2D eigenvalue weighted by Gasteiger charge is -2.12. The van der Waals surface area contributed by atoms with Crippen LogP contribution in [0.3, 0.4) is 0 Å². The van der Waals surface area contributed by atoms with Gasteiger partial charge in [0.1, 0.15) is 0 Å². The highest BCUT2D eigenvalue weighted by molar-refractivity contribution is 7.80. The zero-order valence-corrected chi connectivity index (χ0v) is 11.5. The zero-order valence-electron chi connectivity index (χ0n) is 10.7. The molecule has 0 fully saturated rings. The first kappa shape index (κ1) is 14.9. The maximum atomic E-state index is 5.24. The van der Waals surface area contributed by atoms with Crippen LogP contribution in [-0.2, 0) is 0 Å². The van der Waals surface area contributed by atoms with Crippen molar-refractivity contribution in [3.8, 4) is 0 Å². The molecule has 0 aromatic heterocycles. The molecule has 2 heteroatoms. The molecule has 0 amide bonds. The molecule has 0 radical (unpaired) electrons. The van der Waals surface area contributed by atoms with Crippen LogP contribution in [0.2, 0.25) is 0 Å². The predicted octanol–water partition coefficient (Wildman–Crippen LogP) is 4.41. The average molecular weight is 229 g/mol. The van der Waals surface area contributed by atoms with Gasteiger partial charge in [-0.1, -0.05) is 64.1 Å². The molecule has 0 saturated heterocycles. The molecule has 0 unspecified atom stereocenters. The molecule has 0 saturated carbocycles. The molecule has 90 valence electrons. The van der Waals surface area contributed by atoms with Crippen molar-refractivity contribution in [2.24, 2.45) is 0 Å². The van der Waals surface area contributed by atoms with Gasteiger partial charge in [-0.25, -0.2) is 0 Å². The van der Waals surface area contributed by atoms with E-state index in [-0.39, 0.29) is 0 Å². The summed E-state index contributed by atoms with van der Waals surface area (Å²) in [4.78, 5) is 3.15. The summed E-state index contributed by atoms with van der Waals surface area (Å²) in [5.41, 5.74) is 0. The van der Waals surface area contributed by atoms with Gasteiger partial charge in [0.05, 0.1) is 4.99 Å². The maximum Gasteiger partial charge on any atom is 0.0774 e. The van der Waals surface area contributed by atoms with Gasteiger partial charge in [0.15, 0.2) is 0 Å². The zero-order chi connectivity index (χ0) is 11.5. The van der Waals surface area contributed by atoms with Crippen molar-refractivity contribution >= 4 is 17.2 Å². The second kappa shape index (κ2) is 10.4. The first-order valence-electron chi connectivity index (χ1n) is 6.38. The monoisotopic (exact) mass is 229 g/mol. The standard InChI is InChI=1S/C13H27NS/c1-4-5-6-7-8-9-10-11-12-13(15)14(2)3/h4-12H2,1-3H3. The lowest BCUT2D eigenvalue weighted by atomic mass is 10.1. The molecular formula is C13H27NS. The van der Waals surface area contributed by atoms with Gasteiger partial charge in [0.25, 0.3) is 0 Å². The molecule has 15 heavy (non-hydrogen) atoms. The topological polar surface area (TPSA) is 3.24 Å². The van der Waals surface area contributed by atoms with Crippen molar-refractivity contribution in [2.75, 3.05) is 14.1 Å².